The SMILES string of the molecule is CSCCC(NC(=O)C(Cc1c[nH]c2ccccc12)NC(=O)C(Cc1ccccc1)NC(=O)CN)C(=O)O. The van der Waals surface area contributed by atoms with Gasteiger partial charge in [0, 0.05) is 29.9 Å². The Bertz CT molecular complexity index is 1250. The fraction of sp³-hybridized carbons (Fsp3) is 0.333. The molecule has 0 saturated heterocycles. The number of carboxylic acids is 1. The number of aromatic amines is 1. The number of nitrogens with two attached hydrogens (primary N) is 1. The summed E-state index contributed by atoms with van der Waals surface area (Å²) >= 11 is 1.47. The topological polar surface area (TPSA) is 166 Å². The van der Waals surface area contributed by atoms with Gasteiger partial charge in [-0.2, -0.15) is 11.8 Å². The number of nitrogens with one attached hydrogen (secondary N) is 4. The van der Waals surface area contributed by atoms with Crippen molar-refractivity contribution in [3.8, 4) is 0 Å². The average molecular weight is 540 g/mol. The van der Waals surface area contributed by atoms with E-state index < -0.39 is 41.8 Å². The third-order valence-corrected chi connectivity index (χ3v) is 6.72. The van der Waals surface area contributed by atoms with Crippen molar-refractivity contribution in [3.63, 3.8) is 0 Å². The summed E-state index contributed by atoms with van der Waals surface area (Å²) in [6.07, 6.45) is 4.14. The van der Waals surface area contributed by atoms with E-state index in [9.17, 15) is 24.3 Å². The van der Waals surface area contributed by atoms with Crippen molar-refractivity contribution < 1.29 is 24.3 Å². The van der Waals surface area contributed by atoms with E-state index in [-0.39, 0.29) is 25.8 Å². The number of fused-ring (bicyclic) bond motifs is 1. The van der Waals surface area contributed by atoms with Crippen LogP contribution in [0, 0.1) is 0 Å². The van der Waals surface area contributed by atoms with Crippen LogP contribution in [0.4, 0.5) is 0 Å². The van der Waals surface area contributed by atoms with E-state index in [1.54, 1.807) is 6.20 Å². The number of rotatable bonds is 14. The second kappa shape index (κ2) is 14.2. The lowest BCUT2D eigenvalue weighted by Crippen LogP contribution is -2.57. The average Bonchev–Trinajstić information content (AvgIpc) is 3.33. The Labute approximate surface area is 225 Å². The van der Waals surface area contributed by atoms with E-state index in [0.29, 0.717) is 5.75 Å². The summed E-state index contributed by atoms with van der Waals surface area (Å²) in [6, 6.07) is 13.5. The lowest BCUT2D eigenvalue weighted by molar-refractivity contribution is -0.142. The van der Waals surface area contributed by atoms with Gasteiger partial charge in [-0.1, -0.05) is 48.5 Å². The van der Waals surface area contributed by atoms with Gasteiger partial charge in [0.05, 0.1) is 6.54 Å². The van der Waals surface area contributed by atoms with E-state index in [1.807, 2.05) is 60.9 Å². The molecule has 2 aromatic carbocycles. The molecule has 202 valence electrons. The van der Waals surface area contributed by atoms with Gasteiger partial charge in [0.15, 0.2) is 0 Å². The third-order valence-electron chi connectivity index (χ3n) is 6.08. The van der Waals surface area contributed by atoms with Crippen molar-refractivity contribution >= 4 is 46.4 Å². The van der Waals surface area contributed by atoms with Crippen LogP contribution in [0.25, 0.3) is 10.9 Å². The lowest BCUT2D eigenvalue weighted by Gasteiger charge is -2.24. The summed E-state index contributed by atoms with van der Waals surface area (Å²) in [5, 5.41) is 18.4. The van der Waals surface area contributed by atoms with E-state index in [2.05, 4.69) is 20.9 Å². The van der Waals surface area contributed by atoms with Gasteiger partial charge in [0.1, 0.15) is 18.1 Å². The first kappa shape index (κ1) is 28.7. The van der Waals surface area contributed by atoms with Gasteiger partial charge in [-0.05, 0) is 35.6 Å². The van der Waals surface area contributed by atoms with Crippen molar-refractivity contribution in [1.29, 1.82) is 0 Å². The van der Waals surface area contributed by atoms with Crippen molar-refractivity contribution in [2.24, 2.45) is 5.73 Å². The van der Waals surface area contributed by atoms with Gasteiger partial charge in [-0.15, -0.1) is 0 Å². The molecule has 3 amide bonds. The Balaban J connectivity index is 1.86. The smallest absolute Gasteiger partial charge is 0.326 e. The fourth-order valence-corrected chi connectivity index (χ4v) is 4.55. The van der Waals surface area contributed by atoms with Crippen molar-refractivity contribution in [2.45, 2.75) is 37.4 Å². The largest absolute Gasteiger partial charge is 0.480 e. The number of benzene rings is 2. The molecule has 0 radical (unpaired) electrons. The molecule has 3 rings (SSSR count). The molecular formula is C27H33N5O5S. The molecule has 0 aliphatic rings. The summed E-state index contributed by atoms with van der Waals surface area (Å²) in [5.41, 5.74) is 7.92. The van der Waals surface area contributed by atoms with Gasteiger partial charge in [0.2, 0.25) is 17.7 Å². The number of hydrogen-bond donors (Lipinski definition) is 6. The van der Waals surface area contributed by atoms with Crippen LogP contribution in [0.1, 0.15) is 17.5 Å². The standard InChI is InChI=1S/C27H33N5O5S/c1-38-12-11-21(27(36)37)31-26(35)23(14-18-16-29-20-10-6-5-9-19(18)20)32-25(34)22(30-24(33)15-28)13-17-7-3-2-4-8-17/h2-10,16,21-23,29H,11-15,28H2,1H3,(H,30,33)(H,31,35)(H,32,34)(H,36,37). The maximum Gasteiger partial charge on any atom is 0.326 e. The van der Waals surface area contributed by atoms with E-state index in [1.165, 1.54) is 11.8 Å². The lowest BCUT2D eigenvalue weighted by atomic mass is 10.0. The highest BCUT2D eigenvalue weighted by Gasteiger charge is 2.30. The molecule has 7 N–H and O–H groups in total. The monoisotopic (exact) mass is 539 g/mol. The predicted octanol–water partition coefficient (Wildman–Crippen LogP) is 1.20. The second-order valence-corrected chi connectivity index (χ2v) is 9.81. The van der Waals surface area contributed by atoms with Crippen LogP contribution in [0.5, 0.6) is 0 Å². The van der Waals surface area contributed by atoms with Crippen LogP contribution in [0.3, 0.4) is 0 Å². The van der Waals surface area contributed by atoms with Gasteiger partial charge in [-0.3, -0.25) is 14.4 Å². The third kappa shape index (κ3) is 8.09. The quantitative estimate of drug-likeness (QED) is 0.179. The number of H-pyrrole nitrogens is 1. The highest BCUT2D eigenvalue weighted by atomic mass is 32.2. The molecule has 11 heteroatoms. The maximum absolute atomic E-state index is 13.4. The van der Waals surface area contributed by atoms with Crippen LogP contribution in [0.2, 0.25) is 0 Å². The van der Waals surface area contributed by atoms with Gasteiger partial charge >= 0.3 is 5.97 Å². The number of aliphatic carboxylic acids is 1. The zero-order valence-electron chi connectivity index (χ0n) is 21.1. The maximum atomic E-state index is 13.4. The number of carbonyl (C=O) groups is 4. The molecule has 3 aromatic rings. The normalized spacial score (nSPS) is 13.3. The Morgan fingerprint density at radius 3 is 2.18 bits per heavy atom. The zero-order chi connectivity index (χ0) is 27.5. The summed E-state index contributed by atoms with van der Waals surface area (Å²) < 4.78 is 0. The first-order chi connectivity index (χ1) is 18.3. The molecule has 0 bridgehead atoms. The summed E-state index contributed by atoms with van der Waals surface area (Å²) in [7, 11) is 0. The molecule has 3 atom stereocenters. The van der Waals surface area contributed by atoms with E-state index >= 15 is 0 Å². The molecule has 0 aliphatic heterocycles. The van der Waals surface area contributed by atoms with Crippen LogP contribution in [-0.2, 0) is 32.0 Å². The van der Waals surface area contributed by atoms with Crippen LogP contribution in [-0.4, -0.2) is 70.5 Å². The number of aromatic nitrogens is 1. The molecule has 0 fully saturated rings. The van der Waals surface area contributed by atoms with Gasteiger partial charge in [-0.25, -0.2) is 4.79 Å². The van der Waals surface area contributed by atoms with Gasteiger partial charge < -0.3 is 31.8 Å². The Morgan fingerprint density at radius 2 is 1.53 bits per heavy atom. The Hall–Kier alpha value is -3.83. The van der Waals surface area contributed by atoms with Crippen molar-refractivity contribution in [3.05, 3.63) is 71.9 Å². The number of carbonyl (C=O) groups excluding carboxylic acids is 3. The van der Waals surface area contributed by atoms with Crippen molar-refractivity contribution in [2.75, 3.05) is 18.6 Å². The zero-order valence-corrected chi connectivity index (χ0v) is 21.9. The van der Waals surface area contributed by atoms with Crippen LogP contribution < -0.4 is 21.7 Å². The molecule has 3 unspecified atom stereocenters. The first-order valence-corrected chi connectivity index (χ1v) is 13.6. The molecule has 0 saturated carbocycles. The van der Waals surface area contributed by atoms with Crippen LogP contribution in [0.15, 0.2) is 60.8 Å². The number of carboxylic acid groups (broad SMARTS) is 1. The number of para-hydroxylation sites is 1. The Kier molecular flexibility index (Phi) is 10.7. The highest BCUT2D eigenvalue weighted by Crippen LogP contribution is 2.19. The minimum Gasteiger partial charge on any atom is -0.480 e. The molecule has 10 nitrogen and oxygen atoms in total. The Morgan fingerprint density at radius 1 is 0.895 bits per heavy atom. The molecule has 1 heterocycles. The highest BCUT2D eigenvalue weighted by molar-refractivity contribution is 7.98. The summed E-state index contributed by atoms with van der Waals surface area (Å²) in [5.74, 6) is -2.32. The minimum absolute atomic E-state index is 0.110. The summed E-state index contributed by atoms with van der Waals surface area (Å²) in [6.45, 7) is -0.298. The molecule has 0 spiro atoms. The molecule has 1 aromatic heterocycles. The minimum atomic E-state index is -1.15. The van der Waals surface area contributed by atoms with Gasteiger partial charge in [0.25, 0.3) is 0 Å². The second-order valence-electron chi connectivity index (χ2n) is 8.82. The van der Waals surface area contributed by atoms with Crippen LogP contribution >= 0.6 is 11.8 Å². The molecule has 38 heavy (non-hydrogen) atoms. The molecule has 0 aliphatic carbocycles. The number of amides is 3. The number of hydrogen-bond acceptors (Lipinski definition) is 6. The number of thioether (sulfide) groups is 1. The molecular weight excluding hydrogens is 506 g/mol. The van der Waals surface area contributed by atoms with E-state index in [4.69, 9.17) is 5.73 Å². The predicted molar refractivity (Wildman–Crippen MR) is 148 cm³/mol. The van der Waals surface area contributed by atoms with Crippen molar-refractivity contribution in [1.82, 2.24) is 20.9 Å². The fourth-order valence-electron chi connectivity index (χ4n) is 4.08. The first-order valence-electron chi connectivity index (χ1n) is 12.2. The summed E-state index contributed by atoms with van der Waals surface area (Å²) in [4.78, 5) is 53.8. The van der Waals surface area contributed by atoms with E-state index in [0.717, 1.165) is 22.0 Å².